The Bertz CT molecular complexity index is 2440. The van der Waals surface area contributed by atoms with Crippen LogP contribution in [0.25, 0.3) is 16.5 Å². The van der Waals surface area contributed by atoms with E-state index in [1.807, 2.05) is 32.3 Å². The predicted octanol–water partition coefficient (Wildman–Crippen LogP) is 4.99. The molecular weight excluding hydrogens is 695 g/mol. The number of fused-ring (bicyclic) bond motifs is 3. The SMILES string of the molecule is Cc1cc(N2CCCc3cc(/C(C=NC4CCN(c5ccc6c(c5)C(=O)N(C5CCC(=O)NC5=O)C6=O)CC4)=C/N)c(C)cc32)c2cc(C)c(=O)n(C)c2c1. The molecule has 5 heterocycles. The number of allylic oxidation sites excluding steroid dienone is 1. The second-order valence-electron chi connectivity index (χ2n) is 15.3. The van der Waals surface area contributed by atoms with Crippen molar-refractivity contribution in [2.24, 2.45) is 17.8 Å². The highest BCUT2D eigenvalue weighted by molar-refractivity contribution is 6.23. The minimum absolute atomic E-state index is 0.0222. The molecule has 4 aromatic rings. The molecule has 8 rings (SSSR count). The Morgan fingerprint density at radius 3 is 2.35 bits per heavy atom. The first kappa shape index (κ1) is 36.0. The Balaban J connectivity index is 0.966. The van der Waals surface area contributed by atoms with Crippen molar-refractivity contribution in [3.63, 3.8) is 0 Å². The van der Waals surface area contributed by atoms with Crippen LogP contribution in [0.1, 0.15) is 80.6 Å². The number of anilines is 3. The number of amides is 4. The maximum Gasteiger partial charge on any atom is 0.262 e. The molecule has 3 aromatic carbocycles. The lowest BCUT2D eigenvalue weighted by molar-refractivity contribution is -0.136. The third kappa shape index (κ3) is 6.29. The van der Waals surface area contributed by atoms with Crippen molar-refractivity contribution in [1.29, 1.82) is 0 Å². The van der Waals surface area contributed by atoms with Crippen LogP contribution >= 0.6 is 0 Å². The number of imide groups is 2. The molecule has 55 heavy (non-hydrogen) atoms. The molecule has 4 aliphatic heterocycles. The molecule has 2 fully saturated rings. The van der Waals surface area contributed by atoms with Gasteiger partial charge in [0.1, 0.15) is 6.04 Å². The number of hydrogen-bond donors (Lipinski definition) is 2. The smallest absolute Gasteiger partial charge is 0.262 e. The number of aryl methyl sites for hydroxylation is 5. The van der Waals surface area contributed by atoms with Gasteiger partial charge >= 0.3 is 0 Å². The van der Waals surface area contributed by atoms with Gasteiger partial charge in [-0.2, -0.15) is 0 Å². The zero-order valence-corrected chi connectivity index (χ0v) is 31.6. The van der Waals surface area contributed by atoms with Gasteiger partial charge in [0.15, 0.2) is 0 Å². The number of nitrogens with two attached hydrogens (primary N) is 1. The fraction of sp³-hybridized carbons (Fsp3) is 0.349. The second kappa shape index (κ2) is 14.0. The summed E-state index contributed by atoms with van der Waals surface area (Å²) in [6.45, 7) is 8.38. The summed E-state index contributed by atoms with van der Waals surface area (Å²) in [6.07, 6.45) is 7.28. The minimum atomic E-state index is -0.989. The predicted molar refractivity (Wildman–Crippen MR) is 214 cm³/mol. The van der Waals surface area contributed by atoms with Crippen molar-refractivity contribution in [2.75, 3.05) is 29.4 Å². The van der Waals surface area contributed by atoms with Gasteiger partial charge in [-0.3, -0.25) is 39.2 Å². The number of benzene rings is 3. The number of carbonyl (C=O) groups is 4. The van der Waals surface area contributed by atoms with Crippen LogP contribution in [0, 0.1) is 20.8 Å². The quantitative estimate of drug-likeness (QED) is 0.208. The highest BCUT2D eigenvalue weighted by Crippen LogP contribution is 2.40. The Labute approximate surface area is 319 Å². The van der Waals surface area contributed by atoms with Gasteiger partial charge in [-0.1, -0.05) is 0 Å². The molecule has 0 aliphatic carbocycles. The van der Waals surface area contributed by atoms with Gasteiger partial charge < -0.3 is 20.1 Å². The number of nitrogens with one attached hydrogen (secondary N) is 1. The molecule has 4 aliphatic rings. The largest absolute Gasteiger partial charge is 0.404 e. The van der Waals surface area contributed by atoms with Crippen LogP contribution in [0.2, 0.25) is 0 Å². The summed E-state index contributed by atoms with van der Waals surface area (Å²) < 4.78 is 1.75. The molecule has 12 nitrogen and oxygen atoms in total. The first-order valence-electron chi connectivity index (χ1n) is 19.0. The molecule has 0 bridgehead atoms. The van der Waals surface area contributed by atoms with Gasteiger partial charge in [-0.25, -0.2) is 0 Å². The van der Waals surface area contributed by atoms with E-state index in [2.05, 4.69) is 53.2 Å². The first-order chi connectivity index (χ1) is 26.4. The summed E-state index contributed by atoms with van der Waals surface area (Å²) in [6, 6.07) is 15.2. The molecule has 1 atom stereocenters. The zero-order chi connectivity index (χ0) is 38.7. The van der Waals surface area contributed by atoms with Crippen LogP contribution in [0.5, 0.6) is 0 Å². The van der Waals surface area contributed by atoms with E-state index in [9.17, 15) is 24.0 Å². The van der Waals surface area contributed by atoms with Crippen LogP contribution < -0.4 is 26.4 Å². The lowest BCUT2D eigenvalue weighted by atomic mass is 9.92. The van der Waals surface area contributed by atoms with Crippen molar-refractivity contribution >= 4 is 63.4 Å². The molecule has 3 N–H and O–H groups in total. The lowest BCUT2D eigenvalue weighted by Gasteiger charge is -2.34. The minimum Gasteiger partial charge on any atom is -0.404 e. The highest BCUT2D eigenvalue weighted by Gasteiger charge is 2.45. The normalized spacial score (nSPS) is 19.5. The van der Waals surface area contributed by atoms with Gasteiger partial charge in [-0.15, -0.1) is 0 Å². The van der Waals surface area contributed by atoms with Gasteiger partial charge in [-0.05, 0) is 124 Å². The number of aliphatic imine (C=N–C) groups is 1. The van der Waals surface area contributed by atoms with Crippen molar-refractivity contribution in [1.82, 2.24) is 14.8 Å². The van der Waals surface area contributed by atoms with E-state index < -0.39 is 29.7 Å². The lowest BCUT2D eigenvalue weighted by Crippen LogP contribution is -2.54. The summed E-state index contributed by atoms with van der Waals surface area (Å²) in [5.74, 6) is -2.03. The maximum absolute atomic E-state index is 13.4. The number of hydrogen-bond acceptors (Lipinski definition) is 9. The molecule has 1 unspecified atom stereocenters. The van der Waals surface area contributed by atoms with E-state index in [1.54, 1.807) is 22.9 Å². The van der Waals surface area contributed by atoms with E-state index in [1.165, 1.54) is 11.3 Å². The number of aromatic nitrogens is 1. The average molecular weight is 740 g/mol. The summed E-state index contributed by atoms with van der Waals surface area (Å²) in [5.41, 5.74) is 17.0. The van der Waals surface area contributed by atoms with Crippen molar-refractivity contribution in [3.05, 3.63) is 104 Å². The Morgan fingerprint density at radius 1 is 0.836 bits per heavy atom. The van der Waals surface area contributed by atoms with E-state index in [4.69, 9.17) is 10.7 Å². The molecule has 0 radical (unpaired) electrons. The van der Waals surface area contributed by atoms with Gasteiger partial charge in [0.05, 0.1) is 28.4 Å². The third-order valence-electron chi connectivity index (χ3n) is 11.6. The van der Waals surface area contributed by atoms with Crippen LogP contribution in [0.4, 0.5) is 17.1 Å². The molecular formula is C43H45N7O5. The van der Waals surface area contributed by atoms with Crippen LogP contribution in [0.3, 0.4) is 0 Å². The number of piperidine rings is 2. The van der Waals surface area contributed by atoms with Crippen LogP contribution in [-0.4, -0.2) is 71.0 Å². The molecule has 12 heteroatoms. The summed E-state index contributed by atoms with van der Waals surface area (Å²) in [5, 5.41) is 3.31. The monoisotopic (exact) mass is 739 g/mol. The number of rotatable bonds is 6. The van der Waals surface area contributed by atoms with Gasteiger partial charge in [0, 0.05) is 73.4 Å². The molecule has 282 valence electrons. The number of nitrogens with zero attached hydrogens (tertiary/aromatic N) is 5. The van der Waals surface area contributed by atoms with Gasteiger partial charge in [0.2, 0.25) is 11.8 Å². The van der Waals surface area contributed by atoms with E-state index in [-0.39, 0.29) is 35.6 Å². The Morgan fingerprint density at radius 2 is 1.60 bits per heavy atom. The summed E-state index contributed by atoms with van der Waals surface area (Å²) in [4.78, 5) is 74.0. The molecule has 0 spiro atoms. The van der Waals surface area contributed by atoms with Crippen molar-refractivity contribution < 1.29 is 19.2 Å². The van der Waals surface area contributed by atoms with Gasteiger partial charge in [0.25, 0.3) is 17.4 Å². The standard InChI is InChI=1S/C43H45N7O5/c1-24-16-37-34(18-26(3)41(53)47(37)4)38(17-24)49-13-5-6-27-20-32(25(2)19-36(27)49)28(22-44)23-45-29-11-14-48(15-12-29)30-7-8-31-33(21-30)43(55)50(42(31)54)35-9-10-39(51)46-40(35)52/h7-8,16-23,29,35H,5-6,9-15,44H2,1-4H3,(H,46,51,52)/b28-22+,45-23?. The van der Waals surface area contributed by atoms with E-state index in [0.29, 0.717) is 0 Å². The van der Waals surface area contributed by atoms with Crippen molar-refractivity contribution in [2.45, 2.75) is 71.4 Å². The molecule has 4 amide bonds. The Hall–Kier alpha value is -6.04. The topological polar surface area (TPSA) is 150 Å². The van der Waals surface area contributed by atoms with Crippen LogP contribution in [0.15, 0.2) is 64.5 Å². The average Bonchev–Trinajstić information content (AvgIpc) is 3.42. The molecule has 2 saturated heterocycles. The highest BCUT2D eigenvalue weighted by atomic mass is 16.2. The molecule has 1 aromatic heterocycles. The number of pyridine rings is 1. The fourth-order valence-corrected chi connectivity index (χ4v) is 8.68. The van der Waals surface area contributed by atoms with Crippen LogP contribution in [-0.2, 0) is 23.1 Å². The first-order valence-corrected chi connectivity index (χ1v) is 19.0. The third-order valence-corrected chi connectivity index (χ3v) is 11.6. The second-order valence-corrected chi connectivity index (χ2v) is 15.3. The van der Waals surface area contributed by atoms with E-state index >= 15 is 0 Å². The maximum atomic E-state index is 13.4. The summed E-state index contributed by atoms with van der Waals surface area (Å²) >= 11 is 0. The molecule has 0 saturated carbocycles. The zero-order valence-electron chi connectivity index (χ0n) is 31.6. The van der Waals surface area contributed by atoms with Crippen molar-refractivity contribution in [3.8, 4) is 0 Å². The number of carbonyl (C=O) groups excluding carboxylic acids is 4. The van der Waals surface area contributed by atoms with E-state index in [0.717, 1.165) is 100 Å². The summed E-state index contributed by atoms with van der Waals surface area (Å²) in [7, 11) is 1.84. The fourth-order valence-electron chi connectivity index (χ4n) is 8.68. The Kier molecular flexibility index (Phi) is 9.14.